The Bertz CT molecular complexity index is 358. The van der Waals surface area contributed by atoms with Gasteiger partial charge in [-0.3, -0.25) is 0 Å². The van der Waals surface area contributed by atoms with Crippen LogP contribution in [0, 0.1) is 5.82 Å². The van der Waals surface area contributed by atoms with Crippen molar-refractivity contribution in [2.24, 2.45) is 0 Å². The topological polar surface area (TPSA) is 21.3 Å². The van der Waals surface area contributed by atoms with Crippen LogP contribution < -0.4 is 5.32 Å². The Balaban J connectivity index is 2.58. The molecule has 0 aliphatic carbocycles. The van der Waals surface area contributed by atoms with Crippen LogP contribution in [0.2, 0.25) is 0 Å². The van der Waals surface area contributed by atoms with E-state index in [1.165, 1.54) is 6.07 Å². The summed E-state index contributed by atoms with van der Waals surface area (Å²) in [6.07, 6.45) is 1.01. The van der Waals surface area contributed by atoms with Crippen molar-refractivity contribution < 1.29 is 9.13 Å². The average Bonchev–Trinajstić information content (AvgIpc) is 2.34. The minimum absolute atomic E-state index is 0.170. The number of nitrogens with one attached hydrogen (secondary N) is 1. The van der Waals surface area contributed by atoms with Crippen LogP contribution in [0.3, 0.4) is 0 Å². The molecule has 0 aliphatic heterocycles. The van der Waals surface area contributed by atoms with Crippen molar-refractivity contribution in [2.45, 2.75) is 37.8 Å². The number of hydrogen-bond acceptors (Lipinski definition) is 3. The number of methoxy groups -OCH3 is 1. The van der Waals surface area contributed by atoms with Crippen molar-refractivity contribution in [3.05, 3.63) is 29.6 Å². The molecule has 1 aromatic rings. The second-order valence-electron chi connectivity index (χ2n) is 4.48. The SMILES string of the molecule is COCCCSc1ccc(F)cc1CNC(C)C. The first-order chi connectivity index (χ1) is 8.63. The van der Waals surface area contributed by atoms with Gasteiger partial charge in [-0.2, -0.15) is 0 Å². The smallest absolute Gasteiger partial charge is 0.123 e. The molecule has 1 N–H and O–H groups in total. The van der Waals surface area contributed by atoms with E-state index in [1.807, 2.05) is 6.07 Å². The molecule has 0 aliphatic rings. The minimum Gasteiger partial charge on any atom is -0.385 e. The summed E-state index contributed by atoms with van der Waals surface area (Å²) in [5.41, 5.74) is 1.03. The third-order valence-electron chi connectivity index (χ3n) is 2.47. The average molecular weight is 271 g/mol. The molecule has 1 rings (SSSR count). The second kappa shape index (κ2) is 8.51. The normalized spacial score (nSPS) is 11.2. The van der Waals surface area contributed by atoms with Gasteiger partial charge in [0.05, 0.1) is 0 Å². The maximum atomic E-state index is 13.3. The van der Waals surface area contributed by atoms with Gasteiger partial charge in [0.2, 0.25) is 0 Å². The van der Waals surface area contributed by atoms with Crippen LogP contribution in [0.1, 0.15) is 25.8 Å². The third kappa shape index (κ3) is 5.85. The summed E-state index contributed by atoms with van der Waals surface area (Å²) in [5, 5.41) is 3.33. The van der Waals surface area contributed by atoms with Gasteiger partial charge in [0.25, 0.3) is 0 Å². The Morgan fingerprint density at radius 2 is 2.17 bits per heavy atom. The van der Waals surface area contributed by atoms with E-state index in [4.69, 9.17) is 4.74 Å². The van der Waals surface area contributed by atoms with Gasteiger partial charge >= 0.3 is 0 Å². The van der Waals surface area contributed by atoms with Gasteiger partial charge in [-0.25, -0.2) is 4.39 Å². The lowest BCUT2D eigenvalue weighted by Gasteiger charge is -2.12. The van der Waals surface area contributed by atoms with Crippen LogP contribution in [-0.2, 0) is 11.3 Å². The molecule has 0 bridgehead atoms. The fourth-order valence-electron chi connectivity index (χ4n) is 1.53. The van der Waals surface area contributed by atoms with Crippen LogP contribution >= 0.6 is 11.8 Å². The molecule has 0 heterocycles. The molecule has 0 fully saturated rings. The van der Waals surface area contributed by atoms with Gasteiger partial charge in [0, 0.05) is 37.0 Å². The molecule has 0 atom stereocenters. The van der Waals surface area contributed by atoms with E-state index in [0.717, 1.165) is 29.2 Å². The summed E-state index contributed by atoms with van der Waals surface area (Å²) in [5.74, 6) is 0.825. The maximum Gasteiger partial charge on any atom is 0.123 e. The summed E-state index contributed by atoms with van der Waals surface area (Å²) in [6.45, 7) is 5.66. The van der Waals surface area contributed by atoms with E-state index in [1.54, 1.807) is 24.9 Å². The van der Waals surface area contributed by atoms with E-state index in [9.17, 15) is 4.39 Å². The lowest BCUT2D eigenvalue weighted by molar-refractivity contribution is 0.200. The number of hydrogen-bond donors (Lipinski definition) is 1. The van der Waals surface area contributed by atoms with E-state index in [-0.39, 0.29) is 5.82 Å². The minimum atomic E-state index is -0.170. The zero-order chi connectivity index (χ0) is 13.4. The Morgan fingerprint density at radius 1 is 1.39 bits per heavy atom. The molecule has 1 aromatic carbocycles. The van der Waals surface area contributed by atoms with E-state index < -0.39 is 0 Å². The predicted octanol–water partition coefficient (Wildman–Crippen LogP) is 3.45. The van der Waals surface area contributed by atoms with Gasteiger partial charge in [-0.05, 0) is 30.2 Å². The van der Waals surface area contributed by atoms with Crippen LogP contribution in [0.25, 0.3) is 0 Å². The van der Waals surface area contributed by atoms with Crippen molar-refractivity contribution in [2.75, 3.05) is 19.5 Å². The van der Waals surface area contributed by atoms with Crippen LogP contribution in [-0.4, -0.2) is 25.5 Å². The third-order valence-corrected chi connectivity index (χ3v) is 3.68. The first-order valence-electron chi connectivity index (χ1n) is 6.27. The van der Waals surface area contributed by atoms with Crippen molar-refractivity contribution >= 4 is 11.8 Å². The summed E-state index contributed by atoms with van der Waals surface area (Å²) in [6, 6.07) is 5.41. The number of ether oxygens (including phenoxy) is 1. The molecule has 0 spiro atoms. The van der Waals surface area contributed by atoms with Crippen LogP contribution in [0.5, 0.6) is 0 Å². The standard InChI is InChI=1S/C14H22FNOS/c1-11(2)16-10-12-9-13(15)5-6-14(12)18-8-4-7-17-3/h5-6,9,11,16H,4,7-8,10H2,1-3H3. The molecule has 0 saturated carbocycles. The van der Waals surface area contributed by atoms with Crippen molar-refractivity contribution in [1.29, 1.82) is 0 Å². The quantitative estimate of drug-likeness (QED) is 0.578. The zero-order valence-corrected chi connectivity index (χ0v) is 12.1. The highest BCUT2D eigenvalue weighted by atomic mass is 32.2. The molecule has 0 unspecified atom stereocenters. The van der Waals surface area contributed by atoms with Gasteiger partial charge < -0.3 is 10.1 Å². The Hall–Kier alpha value is -0.580. The van der Waals surface area contributed by atoms with E-state index in [0.29, 0.717) is 12.6 Å². The molecular weight excluding hydrogens is 249 g/mol. The molecule has 18 heavy (non-hydrogen) atoms. The Morgan fingerprint density at radius 3 is 2.83 bits per heavy atom. The van der Waals surface area contributed by atoms with Crippen molar-refractivity contribution in [3.8, 4) is 0 Å². The summed E-state index contributed by atoms with van der Waals surface area (Å²) in [7, 11) is 1.71. The number of benzene rings is 1. The molecular formula is C14H22FNOS. The molecule has 0 radical (unpaired) electrons. The van der Waals surface area contributed by atoms with Gasteiger partial charge in [0.1, 0.15) is 5.82 Å². The lowest BCUT2D eigenvalue weighted by atomic mass is 10.2. The molecule has 2 nitrogen and oxygen atoms in total. The Labute approximate surface area is 113 Å². The number of rotatable bonds is 8. The van der Waals surface area contributed by atoms with Gasteiger partial charge in [-0.15, -0.1) is 11.8 Å². The highest BCUT2D eigenvalue weighted by molar-refractivity contribution is 7.99. The zero-order valence-electron chi connectivity index (χ0n) is 11.3. The van der Waals surface area contributed by atoms with E-state index >= 15 is 0 Å². The van der Waals surface area contributed by atoms with E-state index in [2.05, 4.69) is 19.2 Å². The number of thioether (sulfide) groups is 1. The molecule has 4 heteroatoms. The first-order valence-corrected chi connectivity index (χ1v) is 7.25. The molecule has 102 valence electrons. The summed E-state index contributed by atoms with van der Waals surface area (Å²) in [4.78, 5) is 1.15. The molecule has 0 aromatic heterocycles. The summed E-state index contributed by atoms with van der Waals surface area (Å²) < 4.78 is 18.3. The van der Waals surface area contributed by atoms with Crippen molar-refractivity contribution in [3.63, 3.8) is 0 Å². The van der Waals surface area contributed by atoms with Gasteiger partial charge in [0.15, 0.2) is 0 Å². The lowest BCUT2D eigenvalue weighted by Crippen LogP contribution is -2.22. The monoisotopic (exact) mass is 271 g/mol. The van der Waals surface area contributed by atoms with Gasteiger partial charge in [-0.1, -0.05) is 13.8 Å². The highest BCUT2D eigenvalue weighted by Gasteiger charge is 2.05. The largest absolute Gasteiger partial charge is 0.385 e. The highest BCUT2D eigenvalue weighted by Crippen LogP contribution is 2.24. The van der Waals surface area contributed by atoms with Crippen LogP contribution in [0.15, 0.2) is 23.1 Å². The molecule has 0 saturated heterocycles. The fourth-order valence-corrected chi connectivity index (χ4v) is 2.49. The maximum absolute atomic E-state index is 13.3. The first kappa shape index (κ1) is 15.5. The number of halogens is 1. The Kier molecular flexibility index (Phi) is 7.32. The predicted molar refractivity (Wildman–Crippen MR) is 75.6 cm³/mol. The summed E-state index contributed by atoms with van der Waals surface area (Å²) >= 11 is 1.76. The van der Waals surface area contributed by atoms with Crippen molar-refractivity contribution in [1.82, 2.24) is 5.32 Å². The fraction of sp³-hybridized carbons (Fsp3) is 0.571. The van der Waals surface area contributed by atoms with Crippen LogP contribution in [0.4, 0.5) is 4.39 Å². The molecule has 0 amide bonds. The second-order valence-corrected chi connectivity index (χ2v) is 5.62.